The van der Waals surface area contributed by atoms with Crippen LogP contribution in [0.4, 0.5) is 0 Å². The first kappa shape index (κ1) is 15.2. The van der Waals surface area contributed by atoms with Gasteiger partial charge in [0.05, 0.1) is 18.0 Å². The summed E-state index contributed by atoms with van der Waals surface area (Å²) in [4.78, 5) is 18.1. The Kier molecular flexibility index (Phi) is 5.50. The van der Waals surface area contributed by atoms with Gasteiger partial charge in [0.1, 0.15) is 5.69 Å². The van der Waals surface area contributed by atoms with Gasteiger partial charge in [-0.25, -0.2) is 4.98 Å². The molecule has 0 radical (unpaired) electrons. The number of hydrogen-bond acceptors (Lipinski definition) is 4. The summed E-state index contributed by atoms with van der Waals surface area (Å²) in [7, 11) is 0. The molecule has 2 rings (SSSR count). The third-order valence-corrected chi connectivity index (χ3v) is 3.65. The van der Waals surface area contributed by atoms with Gasteiger partial charge in [-0.2, -0.15) is 0 Å². The molecule has 2 aromatic heterocycles. The number of aliphatic hydroxyl groups excluding tert-OH is 1. The zero-order valence-corrected chi connectivity index (χ0v) is 12.5. The Morgan fingerprint density at radius 1 is 1.38 bits per heavy atom. The molecule has 0 aliphatic heterocycles. The summed E-state index contributed by atoms with van der Waals surface area (Å²) in [5.41, 5.74) is 1.25. The first-order chi connectivity index (χ1) is 10.2. The van der Waals surface area contributed by atoms with E-state index in [0.29, 0.717) is 18.7 Å². The Balaban J connectivity index is 1.91. The number of aromatic nitrogens is 1. The van der Waals surface area contributed by atoms with E-state index < -0.39 is 0 Å². The van der Waals surface area contributed by atoms with E-state index in [2.05, 4.69) is 22.1 Å². The number of nitrogens with one attached hydrogen (secondary N) is 1. The second kappa shape index (κ2) is 7.58. The quantitative estimate of drug-likeness (QED) is 0.850. The highest BCUT2D eigenvalue weighted by molar-refractivity contribution is 7.12. The number of carbonyl (C=O) groups excluding carboxylic acids is 1. The van der Waals surface area contributed by atoms with E-state index in [4.69, 9.17) is 5.11 Å². The van der Waals surface area contributed by atoms with Gasteiger partial charge in [-0.15, -0.1) is 11.3 Å². The van der Waals surface area contributed by atoms with Gasteiger partial charge in [-0.3, -0.25) is 4.79 Å². The molecule has 0 fully saturated rings. The van der Waals surface area contributed by atoms with Crippen LogP contribution in [-0.4, -0.2) is 22.6 Å². The molecule has 2 N–H and O–H groups in total. The van der Waals surface area contributed by atoms with E-state index in [9.17, 15) is 4.79 Å². The van der Waals surface area contributed by atoms with Crippen molar-refractivity contribution in [2.24, 2.45) is 0 Å². The van der Waals surface area contributed by atoms with Gasteiger partial charge in [0.25, 0.3) is 5.91 Å². The molecule has 0 saturated carbocycles. The second-order valence-electron chi connectivity index (χ2n) is 4.39. The summed E-state index contributed by atoms with van der Waals surface area (Å²) in [6.45, 7) is 2.39. The van der Waals surface area contributed by atoms with E-state index in [-0.39, 0.29) is 12.5 Å². The molecule has 0 bridgehead atoms. The molecule has 0 aliphatic carbocycles. The van der Waals surface area contributed by atoms with E-state index >= 15 is 0 Å². The smallest absolute Gasteiger partial charge is 0.270 e. The standard InChI is InChI=1S/C16H16N2O2S/c1-12-5-4-7-15(18-12)16(20)17-11-14-9-8-13(21-14)6-2-3-10-19/h4-5,7-9,19H,3,10-11H2,1H3,(H,17,20). The van der Waals surface area contributed by atoms with Gasteiger partial charge in [-0.05, 0) is 31.2 Å². The second-order valence-corrected chi connectivity index (χ2v) is 5.56. The topological polar surface area (TPSA) is 62.2 Å². The predicted octanol–water partition coefficient (Wildman–Crippen LogP) is 2.12. The highest BCUT2D eigenvalue weighted by atomic mass is 32.1. The maximum Gasteiger partial charge on any atom is 0.270 e. The van der Waals surface area contributed by atoms with Crippen LogP contribution in [0, 0.1) is 18.8 Å². The molecular weight excluding hydrogens is 284 g/mol. The molecule has 0 spiro atoms. The molecule has 1 amide bonds. The lowest BCUT2D eigenvalue weighted by atomic mass is 10.3. The summed E-state index contributed by atoms with van der Waals surface area (Å²) >= 11 is 1.53. The number of rotatable bonds is 4. The molecular formula is C16H16N2O2S. The van der Waals surface area contributed by atoms with E-state index in [1.165, 1.54) is 11.3 Å². The molecule has 108 valence electrons. The van der Waals surface area contributed by atoms with Crippen LogP contribution in [-0.2, 0) is 6.54 Å². The fourth-order valence-corrected chi connectivity index (χ4v) is 2.50. The maximum atomic E-state index is 12.0. The van der Waals surface area contributed by atoms with Gasteiger partial charge in [0, 0.05) is 17.0 Å². The minimum atomic E-state index is -0.181. The SMILES string of the molecule is Cc1cccc(C(=O)NCc2ccc(C#CCCO)s2)n1. The number of aryl methyl sites for hydroxylation is 1. The highest BCUT2D eigenvalue weighted by Crippen LogP contribution is 2.15. The van der Waals surface area contributed by atoms with Gasteiger partial charge < -0.3 is 10.4 Å². The third-order valence-electron chi connectivity index (χ3n) is 2.65. The molecule has 0 saturated heterocycles. The maximum absolute atomic E-state index is 12.0. The lowest BCUT2D eigenvalue weighted by Crippen LogP contribution is -2.23. The fraction of sp³-hybridized carbons (Fsp3) is 0.250. The van der Waals surface area contributed by atoms with Crippen molar-refractivity contribution in [3.8, 4) is 11.8 Å². The largest absolute Gasteiger partial charge is 0.395 e. The Bertz CT molecular complexity index is 683. The molecule has 0 unspecified atom stereocenters. The molecule has 2 heterocycles. The van der Waals surface area contributed by atoms with Gasteiger partial charge in [0.2, 0.25) is 0 Å². The highest BCUT2D eigenvalue weighted by Gasteiger charge is 2.07. The number of hydrogen-bond donors (Lipinski definition) is 2. The molecule has 0 aliphatic rings. The average molecular weight is 300 g/mol. The van der Waals surface area contributed by atoms with E-state index in [1.54, 1.807) is 6.07 Å². The predicted molar refractivity (Wildman–Crippen MR) is 83.0 cm³/mol. The Hall–Kier alpha value is -2.16. The Labute approximate surface area is 127 Å². The zero-order chi connectivity index (χ0) is 15.1. The normalized spacial score (nSPS) is 9.81. The first-order valence-corrected chi connectivity index (χ1v) is 7.41. The molecule has 2 aromatic rings. The van der Waals surface area contributed by atoms with Crippen molar-refractivity contribution in [2.45, 2.75) is 19.9 Å². The van der Waals surface area contributed by atoms with Crippen LogP contribution in [0.25, 0.3) is 0 Å². The number of thiophene rings is 1. The number of amides is 1. The summed E-state index contributed by atoms with van der Waals surface area (Å²) in [5.74, 6) is 5.67. The van der Waals surface area contributed by atoms with Crippen molar-refractivity contribution < 1.29 is 9.90 Å². The summed E-state index contributed by atoms with van der Waals surface area (Å²) in [6, 6.07) is 9.23. The van der Waals surface area contributed by atoms with Crippen molar-refractivity contribution >= 4 is 17.2 Å². The van der Waals surface area contributed by atoms with Crippen molar-refractivity contribution in [1.29, 1.82) is 0 Å². The molecule has 21 heavy (non-hydrogen) atoms. The van der Waals surface area contributed by atoms with Gasteiger partial charge in [0.15, 0.2) is 0 Å². The van der Waals surface area contributed by atoms with Crippen molar-refractivity contribution in [3.05, 3.63) is 51.5 Å². The van der Waals surface area contributed by atoms with Crippen molar-refractivity contribution in [2.75, 3.05) is 6.61 Å². The Morgan fingerprint density at radius 2 is 2.24 bits per heavy atom. The van der Waals surface area contributed by atoms with Crippen LogP contribution >= 0.6 is 11.3 Å². The van der Waals surface area contributed by atoms with E-state index in [0.717, 1.165) is 15.4 Å². The van der Waals surface area contributed by atoms with Crippen LogP contribution in [0.2, 0.25) is 0 Å². The lowest BCUT2D eigenvalue weighted by molar-refractivity contribution is 0.0946. The Morgan fingerprint density at radius 3 is 3.00 bits per heavy atom. The van der Waals surface area contributed by atoms with Gasteiger partial charge in [-0.1, -0.05) is 17.9 Å². The average Bonchev–Trinajstić information content (AvgIpc) is 2.93. The van der Waals surface area contributed by atoms with Crippen LogP contribution in [0.15, 0.2) is 30.3 Å². The third kappa shape index (κ3) is 4.71. The van der Waals surface area contributed by atoms with E-state index in [1.807, 2.05) is 31.2 Å². The molecule has 0 aromatic carbocycles. The van der Waals surface area contributed by atoms with Crippen molar-refractivity contribution in [1.82, 2.24) is 10.3 Å². The molecule has 4 nitrogen and oxygen atoms in total. The van der Waals surface area contributed by atoms with Gasteiger partial charge >= 0.3 is 0 Å². The number of nitrogens with zero attached hydrogens (tertiary/aromatic N) is 1. The minimum Gasteiger partial charge on any atom is -0.395 e. The molecule has 5 heteroatoms. The minimum absolute atomic E-state index is 0.0742. The summed E-state index contributed by atoms with van der Waals surface area (Å²) < 4.78 is 0. The molecule has 0 atom stereocenters. The summed E-state index contributed by atoms with van der Waals surface area (Å²) in [5, 5.41) is 11.5. The number of pyridine rings is 1. The van der Waals surface area contributed by atoms with Crippen molar-refractivity contribution in [3.63, 3.8) is 0 Å². The van der Waals surface area contributed by atoms with Crippen LogP contribution in [0.1, 0.15) is 32.4 Å². The fourth-order valence-electron chi connectivity index (χ4n) is 1.67. The first-order valence-electron chi connectivity index (χ1n) is 6.59. The monoisotopic (exact) mass is 300 g/mol. The zero-order valence-electron chi connectivity index (χ0n) is 11.7. The van der Waals surface area contributed by atoms with Crippen LogP contribution in [0.3, 0.4) is 0 Å². The number of aliphatic hydroxyl groups is 1. The number of carbonyl (C=O) groups is 1. The lowest BCUT2D eigenvalue weighted by Gasteiger charge is -2.03. The van der Waals surface area contributed by atoms with Crippen LogP contribution < -0.4 is 5.32 Å². The summed E-state index contributed by atoms with van der Waals surface area (Å²) in [6.07, 6.45) is 0.475. The van der Waals surface area contributed by atoms with Crippen LogP contribution in [0.5, 0.6) is 0 Å².